The summed E-state index contributed by atoms with van der Waals surface area (Å²) in [6, 6.07) is 49.3. The highest BCUT2D eigenvalue weighted by Crippen LogP contribution is 2.33. The number of fused-ring (bicyclic) bond motifs is 2. The van der Waals surface area contributed by atoms with Crippen molar-refractivity contribution in [2.45, 2.75) is 0 Å². The van der Waals surface area contributed by atoms with Gasteiger partial charge in [0, 0.05) is 22.3 Å². The Morgan fingerprint density at radius 1 is 0.349 bits per heavy atom. The fraction of sp³-hybridized carbons (Fsp3) is 0. The van der Waals surface area contributed by atoms with E-state index in [0.29, 0.717) is 11.8 Å². The zero-order valence-electron chi connectivity index (χ0n) is 23.1. The van der Waals surface area contributed by atoms with Gasteiger partial charge in [0.2, 0.25) is 11.8 Å². The molecule has 0 fully saturated rings. The van der Waals surface area contributed by atoms with Gasteiger partial charge in [-0.25, -0.2) is 9.97 Å². The molecule has 2 heterocycles. The third-order valence-corrected chi connectivity index (χ3v) is 7.66. The molecule has 202 valence electrons. The van der Waals surface area contributed by atoms with E-state index in [-0.39, 0.29) is 0 Å². The highest BCUT2D eigenvalue weighted by atomic mass is 16.4. The van der Waals surface area contributed by atoms with Gasteiger partial charge in [-0.2, -0.15) is 0 Å². The first kappa shape index (κ1) is 24.8. The minimum absolute atomic E-state index is 0.494. The molecule has 0 radical (unpaired) electrons. The summed E-state index contributed by atoms with van der Waals surface area (Å²) in [6.07, 6.45) is 0. The van der Waals surface area contributed by atoms with Crippen LogP contribution in [0.1, 0.15) is 0 Å². The van der Waals surface area contributed by atoms with Gasteiger partial charge in [0.1, 0.15) is 0 Å². The molecule has 0 amide bonds. The van der Waals surface area contributed by atoms with Crippen molar-refractivity contribution in [3.8, 4) is 56.6 Å². The standard InChI is InChI=1S/C38H24N4O/c1-2-9-28(10-3-1)35-36(40-34-13-7-6-12-33(34)39-35)29-19-14-26(15-20-29)27-16-21-30(22-17-27)37-41-42-38(43-37)32-23-18-25-8-4-5-11-31(25)24-32/h1-24H. The maximum Gasteiger partial charge on any atom is 0.248 e. The minimum Gasteiger partial charge on any atom is -0.416 e. The summed E-state index contributed by atoms with van der Waals surface area (Å²) in [5.41, 5.74) is 9.54. The average molecular weight is 553 g/mol. The van der Waals surface area contributed by atoms with Crippen LogP contribution >= 0.6 is 0 Å². The normalized spacial score (nSPS) is 11.3. The van der Waals surface area contributed by atoms with Crippen molar-refractivity contribution in [1.29, 1.82) is 0 Å². The number of nitrogens with zero attached hydrogens (tertiary/aromatic N) is 4. The second-order valence-corrected chi connectivity index (χ2v) is 10.4. The Labute approximate surface area is 248 Å². The molecule has 0 saturated carbocycles. The fourth-order valence-electron chi connectivity index (χ4n) is 5.40. The summed E-state index contributed by atoms with van der Waals surface area (Å²) < 4.78 is 6.06. The highest BCUT2D eigenvalue weighted by molar-refractivity contribution is 5.87. The molecule has 0 saturated heterocycles. The number of para-hydroxylation sites is 2. The Morgan fingerprint density at radius 2 is 0.814 bits per heavy atom. The zero-order chi connectivity index (χ0) is 28.6. The Bertz CT molecular complexity index is 2220. The molecule has 6 aromatic carbocycles. The van der Waals surface area contributed by atoms with E-state index in [1.165, 1.54) is 5.39 Å². The van der Waals surface area contributed by atoms with Crippen LogP contribution in [-0.2, 0) is 0 Å². The van der Waals surface area contributed by atoms with E-state index in [0.717, 1.165) is 61.2 Å². The molecule has 5 nitrogen and oxygen atoms in total. The number of rotatable bonds is 5. The van der Waals surface area contributed by atoms with Crippen LogP contribution in [0.4, 0.5) is 0 Å². The number of benzene rings is 6. The van der Waals surface area contributed by atoms with E-state index < -0.39 is 0 Å². The quantitative estimate of drug-likeness (QED) is 0.213. The molecule has 0 aliphatic rings. The molecule has 0 aliphatic carbocycles. The molecule has 0 atom stereocenters. The molecule has 8 rings (SSSR count). The van der Waals surface area contributed by atoms with Crippen molar-refractivity contribution >= 4 is 21.8 Å². The summed E-state index contributed by atoms with van der Waals surface area (Å²) >= 11 is 0. The third kappa shape index (κ3) is 4.73. The SMILES string of the molecule is c1ccc(-c2nc3ccccc3nc2-c2ccc(-c3ccc(-c4nnc(-c5ccc6ccccc6c5)o4)cc3)cc2)cc1. The van der Waals surface area contributed by atoms with Gasteiger partial charge in [0.25, 0.3) is 0 Å². The predicted molar refractivity (Wildman–Crippen MR) is 172 cm³/mol. The summed E-state index contributed by atoms with van der Waals surface area (Å²) in [6.45, 7) is 0. The van der Waals surface area contributed by atoms with Crippen LogP contribution in [0.25, 0.3) is 78.4 Å². The van der Waals surface area contributed by atoms with Crippen LogP contribution in [0.2, 0.25) is 0 Å². The largest absolute Gasteiger partial charge is 0.416 e. The molecule has 5 heteroatoms. The first-order valence-corrected chi connectivity index (χ1v) is 14.1. The zero-order valence-corrected chi connectivity index (χ0v) is 23.1. The average Bonchev–Trinajstić information content (AvgIpc) is 3.59. The molecule has 2 aromatic heterocycles. The lowest BCUT2D eigenvalue weighted by Gasteiger charge is -2.11. The van der Waals surface area contributed by atoms with Gasteiger partial charge >= 0.3 is 0 Å². The number of aromatic nitrogens is 4. The molecule has 8 aromatic rings. The Morgan fingerprint density at radius 3 is 1.47 bits per heavy atom. The monoisotopic (exact) mass is 552 g/mol. The maximum absolute atomic E-state index is 6.06. The van der Waals surface area contributed by atoms with E-state index in [9.17, 15) is 0 Å². The van der Waals surface area contributed by atoms with E-state index in [1.54, 1.807) is 0 Å². The minimum atomic E-state index is 0.494. The van der Waals surface area contributed by atoms with Gasteiger partial charge in [-0.15, -0.1) is 10.2 Å². The molecule has 0 aliphatic heterocycles. The van der Waals surface area contributed by atoms with E-state index in [2.05, 4.69) is 83.0 Å². The van der Waals surface area contributed by atoms with Gasteiger partial charge < -0.3 is 4.42 Å². The summed E-state index contributed by atoms with van der Waals surface area (Å²) in [5.74, 6) is 1.00. The molecule has 0 N–H and O–H groups in total. The summed E-state index contributed by atoms with van der Waals surface area (Å²) in [4.78, 5) is 10.0. The first-order chi connectivity index (χ1) is 21.3. The Hall–Kier alpha value is -5.94. The highest BCUT2D eigenvalue weighted by Gasteiger charge is 2.14. The number of hydrogen-bond donors (Lipinski definition) is 0. The van der Waals surface area contributed by atoms with Gasteiger partial charge in [-0.1, -0.05) is 109 Å². The fourth-order valence-corrected chi connectivity index (χ4v) is 5.40. The second-order valence-electron chi connectivity index (χ2n) is 10.4. The molecular weight excluding hydrogens is 528 g/mol. The van der Waals surface area contributed by atoms with Crippen LogP contribution in [0.5, 0.6) is 0 Å². The van der Waals surface area contributed by atoms with Crippen LogP contribution < -0.4 is 0 Å². The second kappa shape index (κ2) is 10.5. The van der Waals surface area contributed by atoms with E-state index in [4.69, 9.17) is 14.4 Å². The van der Waals surface area contributed by atoms with E-state index >= 15 is 0 Å². The van der Waals surface area contributed by atoms with Crippen molar-refractivity contribution < 1.29 is 4.42 Å². The van der Waals surface area contributed by atoms with Crippen molar-refractivity contribution in [3.63, 3.8) is 0 Å². The lowest BCUT2D eigenvalue weighted by Crippen LogP contribution is -1.95. The Balaban J connectivity index is 1.08. The van der Waals surface area contributed by atoms with Crippen LogP contribution in [0, 0.1) is 0 Å². The van der Waals surface area contributed by atoms with E-state index in [1.807, 2.05) is 72.8 Å². The summed E-state index contributed by atoms with van der Waals surface area (Å²) in [5, 5.41) is 10.9. The van der Waals surface area contributed by atoms with Gasteiger partial charge in [-0.05, 0) is 58.3 Å². The van der Waals surface area contributed by atoms with Crippen molar-refractivity contribution in [2.75, 3.05) is 0 Å². The smallest absolute Gasteiger partial charge is 0.248 e. The van der Waals surface area contributed by atoms with Crippen LogP contribution in [0.15, 0.2) is 150 Å². The first-order valence-electron chi connectivity index (χ1n) is 14.1. The topological polar surface area (TPSA) is 64.7 Å². The number of hydrogen-bond acceptors (Lipinski definition) is 5. The Kier molecular flexibility index (Phi) is 6.05. The molecular formula is C38H24N4O. The lowest BCUT2D eigenvalue weighted by molar-refractivity contribution is 0.584. The van der Waals surface area contributed by atoms with Gasteiger partial charge in [0.15, 0.2) is 0 Å². The lowest BCUT2D eigenvalue weighted by atomic mass is 9.99. The third-order valence-electron chi connectivity index (χ3n) is 7.66. The van der Waals surface area contributed by atoms with Gasteiger partial charge in [0.05, 0.1) is 22.4 Å². The van der Waals surface area contributed by atoms with Crippen molar-refractivity contribution in [2.24, 2.45) is 0 Å². The summed E-state index contributed by atoms with van der Waals surface area (Å²) in [7, 11) is 0. The maximum atomic E-state index is 6.06. The molecule has 43 heavy (non-hydrogen) atoms. The molecule has 0 unspecified atom stereocenters. The predicted octanol–water partition coefficient (Wildman–Crippen LogP) is 9.50. The van der Waals surface area contributed by atoms with Crippen LogP contribution in [0.3, 0.4) is 0 Å². The van der Waals surface area contributed by atoms with Crippen LogP contribution in [-0.4, -0.2) is 20.2 Å². The van der Waals surface area contributed by atoms with Crippen molar-refractivity contribution in [3.05, 3.63) is 146 Å². The molecule has 0 spiro atoms. The molecule has 0 bridgehead atoms. The van der Waals surface area contributed by atoms with Crippen molar-refractivity contribution in [1.82, 2.24) is 20.2 Å². The van der Waals surface area contributed by atoms with Gasteiger partial charge in [-0.3, -0.25) is 0 Å².